The second-order valence-electron chi connectivity index (χ2n) is 10.2. The van der Waals surface area contributed by atoms with Gasteiger partial charge < -0.3 is 9.80 Å². The molecule has 200 valence electrons. The Balaban J connectivity index is 1.89. The maximum Gasteiger partial charge on any atom is 0.276 e. The average molecular weight is 505 g/mol. The molecule has 0 radical (unpaired) electrons. The lowest BCUT2D eigenvalue weighted by molar-refractivity contribution is 0.333. The number of nitrogens with zero attached hydrogens (tertiary/aromatic N) is 5. The third kappa shape index (κ3) is 7.81. The Morgan fingerprint density at radius 2 is 1.84 bits per heavy atom. The fourth-order valence-electron chi connectivity index (χ4n) is 4.98. The first-order valence-corrected chi connectivity index (χ1v) is 13.6. The number of aromatic nitrogens is 2. The lowest BCUT2D eigenvalue weighted by atomic mass is 9.89. The summed E-state index contributed by atoms with van der Waals surface area (Å²) >= 11 is 0. The molecule has 0 unspecified atom stereocenters. The molecule has 0 atom stereocenters. The molecule has 37 heavy (non-hydrogen) atoms. The van der Waals surface area contributed by atoms with Gasteiger partial charge in [-0.2, -0.15) is 5.10 Å². The molecule has 1 heterocycles. The maximum atomic E-state index is 13.2. The third-order valence-electron chi connectivity index (χ3n) is 6.95. The predicted molar refractivity (Wildman–Crippen MR) is 158 cm³/mol. The van der Waals surface area contributed by atoms with Crippen LogP contribution in [0.5, 0.6) is 0 Å². The summed E-state index contributed by atoms with van der Waals surface area (Å²) in [4.78, 5) is 25.4. The fraction of sp³-hybridized carbons (Fsp3) is 0.500. The van der Waals surface area contributed by atoms with Crippen molar-refractivity contribution in [1.82, 2.24) is 15.0 Å². The first-order valence-electron chi connectivity index (χ1n) is 13.6. The van der Waals surface area contributed by atoms with Crippen LogP contribution in [-0.4, -0.2) is 61.5 Å². The van der Waals surface area contributed by atoms with E-state index in [1.54, 1.807) is 6.08 Å². The van der Waals surface area contributed by atoms with Crippen LogP contribution in [0.1, 0.15) is 63.1 Å². The van der Waals surface area contributed by atoms with Crippen molar-refractivity contribution in [1.29, 1.82) is 0 Å². The minimum atomic E-state index is -0.125. The number of nitrogens with one attached hydrogen (secondary N) is 1. The summed E-state index contributed by atoms with van der Waals surface area (Å²) in [6.45, 7) is 12.6. The number of H-pyrrole nitrogens is 1. The van der Waals surface area contributed by atoms with Crippen LogP contribution in [0.2, 0.25) is 0 Å². The number of benzene rings is 1. The highest BCUT2D eigenvalue weighted by molar-refractivity contribution is 6.08. The molecular formula is C30H44N6O. The first-order chi connectivity index (χ1) is 17.8. The molecule has 1 aromatic carbocycles. The Hall–Kier alpha value is -3.35. The number of hydrogen-bond donors (Lipinski definition) is 1. The summed E-state index contributed by atoms with van der Waals surface area (Å²) in [6, 6.07) is 10.1. The van der Waals surface area contributed by atoms with Gasteiger partial charge in [-0.3, -0.25) is 14.8 Å². The van der Waals surface area contributed by atoms with E-state index in [0.29, 0.717) is 36.3 Å². The first kappa shape index (κ1) is 28.2. The normalized spacial score (nSPS) is 14.3. The van der Waals surface area contributed by atoms with Gasteiger partial charge in [0.2, 0.25) is 5.95 Å². The molecule has 0 aliphatic heterocycles. The number of hydrazone groups is 1. The Kier molecular flexibility index (Phi) is 10.5. The van der Waals surface area contributed by atoms with Gasteiger partial charge >= 0.3 is 0 Å². The summed E-state index contributed by atoms with van der Waals surface area (Å²) in [6.07, 6.45) is 9.83. The zero-order chi connectivity index (χ0) is 26.8. The van der Waals surface area contributed by atoms with E-state index in [4.69, 9.17) is 10.1 Å². The Morgan fingerprint density at radius 3 is 2.46 bits per heavy atom. The lowest BCUT2D eigenvalue weighted by Gasteiger charge is -2.32. The van der Waals surface area contributed by atoms with Crippen LogP contribution < -0.4 is 15.4 Å². The van der Waals surface area contributed by atoms with Gasteiger partial charge in [0, 0.05) is 39.8 Å². The summed E-state index contributed by atoms with van der Waals surface area (Å²) < 4.78 is 0. The number of hydrogen-bond acceptors (Lipinski definition) is 6. The molecule has 0 bridgehead atoms. The van der Waals surface area contributed by atoms with E-state index in [0.717, 1.165) is 36.2 Å². The highest BCUT2D eigenvalue weighted by Gasteiger charge is 2.22. The zero-order valence-corrected chi connectivity index (χ0v) is 23.2. The van der Waals surface area contributed by atoms with Crippen molar-refractivity contribution in [2.24, 2.45) is 11.0 Å². The molecule has 1 saturated carbocycles. The minimum Gasteiger partial charge on any atom is -0.371 e. The number of rotatable bonds is 13. The molecular weight excluding hydrogens is 460 g/mol. The van der Waals surface area contributed by atoms with Crippen molar-refractivity contribution < 1.29 is 0 Å². The highest BCUT2D eigenvalue weighted by atomic mass is 16.1. The molecule has 7 heteroatoms. The van der Waals surface area contributed by atoms with Gasteiger partial charge in [0.05, 0.1) is 18.0 Å². The van der Waals surface area contributed by atoms with Crippen molar-refractivity contribution in [2.75, 3.05) is 50.6 Å². The second-order valence-corrected chi connectivity index (χ2v) is 10.2. The molecule has 0 spiro atoms. The molecule has 2 aromatic rings. The van der Waals surface area contributed by atoms with E-state index in [2.05, 4.69) is 30.0 Å². The average Bonchev–Trinajstić information content (AvgIpc) is 2.90. The van der Waals surface area contributed by atoms with Crippen LogP contribution in [0, 0.1) is 5.92 Å². The largest absolute Gasteiger partial charge is 0.371 e. The Labute approximate surface area is 222 Å². The van der Waals surface area contributed by atoms with Gasteiger partial charge in [0.25, 0.3) is 5.56 Å². The van der Waals surface area contributed by atoms with E-state index < -0.39 is 0 Å². The Bertz CT molecular complexity index is 1110. The van der Waals surface area contributed by atoms with Gasteiger partial charge in [-0.05, 0) is 36.8 Å². The Morgan fingerprint density at radius 1 is 1.14 bits per heavy atom. The highest BCUT2D eigenvalue weighted by Crippen LogP contribution is 2.28. The molecule has 3 rings (SSSR count). The van der Waals surface area contributed by atoms with Crippen molar-refractivity contribution in [3.05, 3.63) is 71.2 Å². The van der Waals surface area contributed by atoms with Gasteiger partial charge in [0.15, 0.2) is 0 Å². The van der Waals surface area contributed by atoms with E-state index >= 15 is 0 Å². The third-order valence-corrected chi connectivity index (χ3v) is 6.95. The summed E-state index contributed by atoms with van der Waals surface area (Å²) in [5.41, 5.74) is 3.91. The number of anilines is 2. The van der Waals surface area contributed by atoms with Gasteiger partial charge in [-0.25, -0.2) is 4.98 Å². The minimum absolute atomic E-state index is 0.125. The smallest absolute Gasteiger partial charge is 0.276 e. The lowest BCUT2D eigenvalue weighted by Crippen LogP contribution is -2.38. The summed E-state index contributed by atoms with van der Waals surface area (Å²) in [5, 5.41) is 6.74. The standard InChI is InChI=1S/C30H44N6O/c1-7-15-23(3)27-28(34(4)5)29(37)32-30(31-27)36(22-24-16-11-9-12-17-24)21-20-35(6)33-26(8-2)25-18-13-10-14-19-25/h8,10,13-14,18-19,24H,2-3,7,9,11-12,15-17,20-22H2,1,4-6H3,(H,31,32,37)/b33-26+. The molecule has 1 aromatic heterocycles. The summed E-state index contributed by atoms with van der Waals surface area (Å²) in [5.74, 6) is 1.22. The van der Waals surface area contributed by atoms with Crippen molar-refractivity contribution >= 4 is 22.9 Å². The predicted octanol–water partition coefficient (Wildman–Crippen LogP) is 5.56. The number of likely N-dealkylation sites (N-methyl/N-ethyl adjacent to an activating group) is 1. The van der Waals surface area contributed by atoms with Gasteiger partial charge in [-0.15, -0.1) is 0 Å². The topological polar surface area (TPSA) is 67.8 Å². The molecule has 7 nitrogen and oxygen atoms in total. The van der Waals surface area contributed by atoms with Crippen LogP contribution in [0.25, 0.3) is 5.57 Å². The van der Waals surface area contributed by atoms with Crippen molar-refractivity contribution in [2.45, 2.75) is 51.9 Å². The number of aromatic amines is 1. The SMILES string of the molecule is C=C/C(=N\N(C)CCN(CC1CCCCC1)c1nc(C(=C)CCC)c(N(C)C)c(=O)[nH]1)c1ccccc1. The molecule has 1 fully saturated rings. The van der Waals surface area contributed by atoms with Crippen molar-refractivity contribution in [3.63, 3.8) is 0 Å². The van der Waals surface area contributed by atoms with E-state index in [9.17, 15) is 4.79 Å². The van der Waals surface area contributed by atoms with Crippen LogP contribution in [-0.2, 0) is 0 Å². The zero-order valence-electron chi connectivity index (χ0n) is 23.2. The fourth-order valence-corrected chi connectivity index (χ4v) is 4.98. The molecule has 1 N–H and O–H groups in total. The molecule has 1 aliphatic carbocycles. The summed E-state index contributed by atoms with van der Waals surface area (Å²) in [7, 11) is 5.74. The van der Waals surface area contributed by atoms with Crippen LogP contribution >= 0.6 is 0 Å². The van der Waals surface area contributed by atoms with Crippen molar-refractivity contribution in [3.8, 4) is 0 Å². The van der Waals surface area contributed by atoms with E-state index in [1.165, 1.54) is 32.1 Å². The van der Waals surface area contributed by atoms with Crippen LogP contribution in [0.3, 0.4) is 0 Å². The van der Waals surface area contributed by atoms with E-state index in [-0.39, 0.29) is 5.56 Å². The monoisotopic (exact) mass is 504 g/mol. The van der Waals surface area contributed by atoms with E-state index in [1.807, 2.05) is 61.4 Å². The van der Waals surface area contributed by atoms with Gasteiger partial charge in [-0.1, -0.05) is 76.1 Å². The maximum absolute atomic E-state index is 13.2. The second kappa shape index (κ2) is 13.8. The molecule has 0 amide bonds. The quantitative estimate of drug-likeness (QED) is 0.286. The molecule has 1 aliphatic rings. The van der Waals surface area contributed by atoms with Crippen LogP contribution in [0.15, 0.2) is 59.5 Å². The van der Waals surface area contributed by atoms with Gasteiger partial charge in [0.1, 0.15) is 5.69 Å². The molecule has 0 saturated heterocycles. The number of allylic oxidation sites excluding steroid dienone is 2. The van der Waals surface area contributed by atoms with Crippen LogP contribution in [0.4, 0.5) is 11.6 Å².